The van der Waals surface area contributed by atoms with Crippen molar-refractivity contribution in [3.05, 3.63) is 28.0 Å². The van der Waals surface area contributed by atoms with Crippen LogP contribution in [0, 0.1) is 12.7 Å². The first-order chi connectivity index (χ1) is 7.16. The molecule has 0 fully saturated rings. The molecule has 2 N–H and O–H groups in total. The second-order valence-corrected chi connectivity index (χ2v) is 4.72. The van der Waals surface area contributed by atoms with Crippen LogP contribution in [0.2, 0.25) is 5.02 Å². The molecule has 0 aliphatic carbocycles. The van der Waals surface area contributed by atoms with Crippen molar-refractivity contribution in [2.45, 2.75) is 11.8 Å². The summed E-state index contributed by atoms with van der Waals surface area (Å²) in [5, 5.41) is 7.95. The summed E-state index contributed by atoms with van der Waals surface area (Å²) in [6, 6.07) is 0.610. The molecular weight excluding hydrogens is 263 g/mol. The van der Waals surface area contributed by atoms with Gasteiger partial charge in [-0.15, -0.1) is 0 Å². The maximum absolute atomic E-state index is 13.4. The van der Waals surface area contributed by atoms with E-state index in [9.17, 15) is 17.6 Å². The van der Waals surface area contributed by atoms with E-state index in [1.807, 2.05) is 0 Å². The molecule has 1 aromatic rings. The average Bonchev–Trinajstić information content (AvgIpc) is 2.11. The largest absolute Gasteiger partial charge is 0.478 e. The van der Waals surface area contributed by atoms with Crippen molar-refractivity contribution >= 4 is 27.7 Å². The Labute approximate surface area is 95.2 Å². The Bertz CT molecular complexity index is 566. The van der Waals surface area contributed by atoms with Gasteiger partial charge < -0.3 is 5.11 Å². The van der Waals surface area contributed by atoms with Crippen molar-refractivity contribution < 1.29 is 27.3 Å². The highest BCUT2D eigenvalue weighted by Crippen LogP contribution is 2.28. The zero-order valence-corrected chi connectivity index (χ0v) is 9.43. The number of benzene rings is 1. The van der Waals surface area contributed by atoms with Crippen LogP contribution < -0.4 is 0 Å². The quantitative estimate of drug-likeness (QED) is 0.797. The molecule has 0 saturated carbocycles. The first-order valence-electron chi connectivity index (χ1n) is 3.85. The van der Waals surface area contributed by atoms with Crippen molar-refractivity contribution in [1.29, 1.82) is 0 Å². The third-order valence-corrected chi connectivity index (χ3v) is 3.26. The second kappa shape index (κ2) is 4.00. The molecular formula is C8H6ClFO5S. The van der Waals surface area contributed by atoms with Crippen LogP contribution in [0.1, 0.15) is 15.9 Å². The molecule has 1 rings (SSSR count). The van der Waals surface area contributed by atoms with E-state index < -0.39 is 42.9 Å². The van der Waals surface area contributed by atoms with Crippen LogP contribution in [0.5, 0.6) is 0 Å². The van der Waals surface area contributed by atoms with Gasteiger partial charge in [-0.1, -0.05) is 11.6 Å². The van der Waals surface area contributed by atoms with Crippen LogP contribution in [-0.4, -0.2) is 24.0 Å². The second-order valence-electron chi connectivity index (χ2n) is 2.96. The lowest BCUT2D eigenvalue weighted by molar-refractivity contribution is 0.0696. The van der Waals surface area contributed by atoms with Crippen molar-refractivity contribution in [2.75, 3.05) is 0 Å². The molecule has 8 heteroatoms. The number of carbonyl (C=O) groups is 1. The molecule has 0 amide bonds. The minimum atomic E-state index is -4.69. The average molecular weight is 269 g/mol. The molecule has 0 aliphatic heterocycles. The monoisotopic (exact) mass is 268 g/mol. The highest BCUT2D eigenvalue weighted by atomic mass is 35.5. The molecule has 0 spiro atoms. The van der Waals surface area contributed by atoms with Crippen LogP contribution in [0.25, 0.3) is 0 Å². The zero-order valence-electron chi connectivity index (χ0n) is 7.86. The van der Waals surface area contributed by atoms with E-state index in [2.05, 4.69) is 0 Å². The lowest BCUT2D eigenvalue weighted by Gasteiger charge is -2.07. The molecule has 0 radical (unpaired) electrons. The molecule has 0 bridgehead atoms. The number of halogens is 2. The zero-order chi connectivity index (χ0) is 12.7. The van der Waals surface area contributed by atoms with Gasteiger partial charge in [0.1, 0.15) is 10.7 Å². The molecule has 0 aliphatic rings. The van der Waals surface area contributed by atoms with Crippen molar-refractivity contribution in [3.8, 4) is 0 Å². The summed E-state index contributed by atoms with van der Waals surface area (Å²) in [4.78, 5) is 9.82. The van der Waals surface area contributed by atoms with E-state index >= 15 is 0 Å². The van der Waals surface area contributed by atoms with E-state index in [4.69, 9.17) is 21.3 Å². The topological polar surface area (TPSA) is 91.7 Å². The van der Waals surface area contributed by atoms with Crippen LogP contribution in [0.15, 0.2) is 11.0 Å². The molecule has 88 valence electrons. The van der Waals surface area contributed by atoms with Gasteiger partial charge in [-0.25, -0.2) is 9.18 Å². The van der Waals surface area contributed by atoms with Gasteiger partial charge >= 0.3 is 5.97 Å². The van der Waals surface area contributed by atoms with Crippen LogP contribution in [0.4, 0.5) is 4.39 Å². The SMILES string of the molecule is Cc1c(S(=O)(=O)O)cc(C(=O)O)c(Cl)c1F. The molecule has 1 aromatic carbocycles. The third-order valence-electron chi connectivity index (χ3n) is 1.91. The fraction of sp³-hybridized carbons (Fsp3) is 0.125. The first kappa shape index (κ1) is 12.9. The molecule has 0 heterocycles. The highest BCUT2D eigenvalue weighted by molar-refractivity contribution is 7.85. The van der Waals surface area contributed by atoms with Gasteiger partial charge in [-0.05, 0) is 13.0 Å². The lowest BCUT2D eigenvalue weighted by Crippen LogP contribution is -2.08. The Morgan fingerprint density at radius 1 is 1.50 bits per heavy atom. The summed E-state index contributed by atoms with van der Waals surface area (Å²) >= 11 is 5.38. The number of aromatic carboxylic acids is 1. The number of hydrogen-bond donors (Lipinski definition) is 2. The predicted octanol–water partition coefficient (Wildman–Crippen LogP) is 1.73. The summed E-state index contributed by atoms with van der Waals surface area (Å²) in [5.74, 6) is -2.78. The number of rotatable bonds is 2. The van der Waals surface area contributed by atoms with E-state index in [-0.39, 0.29) is 0 Å². The maximum atomic E-state index is 13.4. The summed E-state index contributed by atoms with van der Waals surface area (Å²) in [6.07, 6.45) is 0. The molecule has 0 aromatic heterocycles. The van der Waals surface area contributed by atoms with Gasteiger partial charge in [0.25, 0.3) is 10.1 Å². The standard InChI is InChI=1S/C8H6ClFO5S/c1-3-5(16(13,14)15)2-4(8(11)12)6(9)7(3)10/h2H,1H3,(H,11,12)(H,13,14,15). The molecule has 0 unspecified atom stereocenters. The van der Waals surface area contributed by atoms with E-state index in [1.165, 1.54) is 0 Å². The fourth-order valence-electron chi connectivity index (χ4n) is 1.12. The Kier molecular flexibility index (Phi) is 3.22. The summed E-state index contributed by atoms with van der Waals surface area (Å²) in [5.41, 5.74) is -1.16. The molecule has 5 nitrogen and oxygen atoms in total. The number of hydrogen-bond acceptors (Lipinski definition) is 3. The number of carboxylic acid groups (broad SMARTS) is 1. The Morgan fingerprint density at radius 3 is 2.38 bits per heavy atom. The van der Waals surface area contributed by atoms with E-state index in [0.29, 0.717) is 6.07 Å². The third kappa shape index (κ3) is 2.16. The van der Waals surface area contributed by atoms with Gasteiger partial charge in [0.2, 0.25) is 0 Å². The van der Waals surface area contributed by atoms with Crippen LogP contribution >= 0.6 is 11.6 Å². The predicted molar refractivity (Wildman–Crippen MR) is 52.9 cm³/mol. The van der Waals surface area contributed by atoms with E-state index in [0.717, 1.165) is 6.92 Å². The Hall–Kier alpha value is -1.18. The van der Waals surface area contributed by atoms with Crippen LogP contribution in [-0.2, 0) is 10.1 Å². The molecule has 0 saturated heterocycles. The summed E-state index contributed by atoms with van der Waals surface area (Å²) in [7, 11) is -4.69. The minimum absolute atomic E-state index is 0.433. The van der Waals surface area contributed by atoms with Gasteiger partial charge in [0.15, 0.2) is 0 Å². The van der Waals surface area contributed by atoms with Crippen molar-refractivity contribution in [3.63, 3.8) is 0 Å². The van der Waals surface area contributed by atoms with Crippen molar-refractivity contribution in [2.24, 2.45) is 0 Å². The Balaban J connectivity index is 3.74. The Morgan fingerprint density at radius 2 is 2.00 bits per heavy atom. The maximum Gasteiger partial charge on any atom is 0.337 e. The molecule has 16 heavy (non-hydrogen) atoms. The molecule has 0 atom stereocenters. The summed E-state index contributed by atoms with van der Waals surface area (Å²) in [6.45, 7) is 1.07. The highest BCUT2D eigenvalue weighted by Gasteiger charge is 2.23. The number of carboxylic acids is 1. The minimum Gasteiger partial charge on any atom is -0.478 e. The van der Waals surface area contributed by atoms with Crippen LogP contribution in [0.3, 0.4) is 0 Å². The van der Waals surface area contributed by atoms with Gasteiger partial charge in [-0.3, -0.25) is 4.55 Å². The fourth-order valence-corrected chi connectivity index (χ4v) is 2.14. The summed E-state index contributed by atoms with van der Waals surface area (Å²) < 4.78 is 43.8. The van der Waals surface area contributed by atoms with Gasteiger partial charge in [0, 0.05) is 5.56 Å². The van der Waals surface area contributed by atoms with Crippen molar-refractivity contribution in [1.82, 2.24) is 0 Å². The van der Waals surface area contributed by atoms with Gasteiger partial charge in [0.05, 0.1) is 10.6 Å². The smallest absolute Gasteiger partial charge is 0.337 e. The van der Waals surface area contributed by atoms with Gasteiger partial charge in [-0.2, -0.15) is 8.42 Å². The first-order valence-corrected chi connectivity index (χ1v) is 5.67. The lowest BCUT2D eigenvalue weighted by atomic mass is 10.1. The normalized spacial score (nSPS) is 11.5. The van der Waals surface area contributed by atoms with E-state index in [1.54, 1.807) is 0 Å².